The molecular formula is C14H17ClN2O. The maximum atomic E-state index is 6.26. The first-order valence-electron chi connectivity index (χ1n) is 5.90. The van der Waals surface area contributed by atoms with Crippen LogP contribution in [0.3, 0.4) is 0 Å². The lowest BCUT2D eigenvalue weighted by molar-refractivity contribution is 0.325. The largest absolute Gasteiger partial charge is 0.452 e. The molecule has 1 heterocycles. The van der Waals surface area contributed by atoms with Crippen LogP contribution in [0.25, 0.3) is 0 Å². The molecule has 0 saturated carbocycles. The molecule has 0 N–H and O–H groups in total. The number of hydrogen-bond acceptors (Lipinski definition) is 2. The van der Waals surface area contributed by atoms with Crippen molar-refractivity contribution in [2.75, 3.05) is 0 Å². The summed E-state index contributed by atoms with van der Waals surface area (Å²) in [7, 11) is 0. The Balaban J connectivity index is 2.16. The topological polar surface area (TPSA) is 27.1 Å². The highest BCUT2D eigenvalue weighted by atomic mass is 35.5. The van der Waals surface area contributed by atoms with Crippen molar-refractivity contribution >= 4 is 11.6 Å². The van der Waals surface area contributed by atoms with Crippen LogP contribution in [0.2, 0.25) is 5.15 Å². The average Bonchev–Trinajstić information content (AvgIpc) is 2.61. The van der Waals surface area contributed by atoms with E-state index in [0.717, 1.165) is 12.3 Å². The number of hydrogen-bond donors (Lipinski definition) is 0. The van der Waals surface area contributed by atoms with E-state index in [2.05, 4.69) is 25.9 Å². The van der Waals surface area contributed by atoms with Gasteiger partial charge >= 0.3 is 0 Å². The first-order chi connectivity index (χ1) is 8.46. The van der Waals surface area contributed by atoms with Gasteiger partial charge in [0.1, 0.15) is 5.75 Å². The zero-order valence-corrected chi connectivity index (χ0v) is 11.6. The van der Waals surface area contributed by atoms with Gasteiger partial charge in [-0.3, -0.25) is 0 Å². The van der Waals surface area contributed by atoms with Gasteiger partial charge in [-0.25, -0.2) is 4.68 Å². The molecular weight excluding hydrogens is 248 g/mol. The summed E-state index contributed by atoms with van der Waals surface area (Å²) in [5.74, 6) is 1.35. The van der Waals surface area contributed by atoms with Crippen molar-refractivity contribution in [2.24, 2.45) is 5.41 Å². The lowest BCUT2D eigenvalue weighted by atomic mass is 9.97. The predicted molar refractivity (Wildman–Crippen MR) is 73.2 cm³/mol. The van der Waals surface area contributed by atoms with E-state index < -0.39 is 0 Å². The smallest absolute Gasteiger partial charge is 0.184 e. The van der Waals surface area contributed by atoms with Crippen LogP contribution in [-0.2, 0) is 6.54 Å². The van der Waals surface area contributed by atoms with Gasteiger partial charge in [-0.15, -0.1) is 0 Å². The highest BCUT2D eigenvalue weighted by Crippen LogP contribution is 2.30. The maximum absolute atomic E-state index is 6.26. The van der Waals surface area contributed by atoms with E-state index in [4.69, 9.17) is 16.3 Å². The van der Waals surface area contributed by atoms with Gasteiger partial charge < -0.3 is 4.74 Å². The van der Waals surface area contributed by atoms with Gasteiger partial charge in [-0.05, 0) is 17.5 Å². The second-order valence-corrected chi connectivity index (χ2v) is 5.79. The molecule has 1 aromatic carbocycles. The second kappa shape index (κ2) is 5.02. The molecule has 0 atom stereocenters. The summed E-state index contributed by atoms with van der Waals surface area (Å²) in [6, 6.07) is 9.55. The lowest BCUT2D eigenvalue weighted by Crippen LogP contribution is -2.16. The quantitative estimate of drug-likeness (QED) is 0.823. The Bertz CT molecular complexity index is 514. The van der Waals surface area contributed by atoms with E-state index in [0.29, 0.717) is 10.9 Å². The van der Waals surface area contributed by atoms with Gasteiger partial charge in [-0.1, -0.05) is 50.6 Å². The number of benzene rings is 1. The van der Waals surface area contributed by atoms with Crippen molar-refractivity contribution in [2.45, 2.75) is 27.3 Å². The third-order valence-electron chi connectivity index (χ3n) is 2.34. The molecule has 0 amide bonds. The van der Waals surface area contributed by atoms with Crippen LogP contribution < -0.4 is 4.74 Å². The van der Waals surface area contributed by atoms with Gasteiger partial charge in [0, 0.05) is 6.54 Å². The van der Waals surface area contributed by atoms with Crippen molar-refractivity contribution in [1.82, 2.24) is 9.78 Å². The molecule has 0 fully saturated rings. The molecule has 0 bridgehead atoms. The second-order valence-electron chi connectivity index (χ2n) is 5.43. The Morgan fingerprint density at radius 2 is 1.89 bits per heavy atom. The van der Waals surface area contributed by atoms with Crippen molar-refractivity contribution in [3.63, 3.8) is 0 Å². The van der Waals surface area contributed by atoms with Gasteiger partial charge in [0.25, 0.3) is 0 Å². The molecule has 0 aliphatic carbocycles. The number of aromatic nitrogens is 2. The Labute approximate surface area is 112 Å². The number of halogens is 1. The standard InChI is InChI=1S/C14H17ClN2O/c1-14(2,3)10-17-13(15)12(9-16-17)18-11-7-5-4-6-8-11/h4-9H,10H2,1-3H3. The fourth-order valence-electron chi connectivity index (χ4n) is 1.60. The SMILES string of the molecule is CC(C)(C)Cn1ncc(Oc2ccccc2)c1Cl. The summed E-state index contributed by atoms with van der Waals surface area (Å²) in [6.07, 6.45) is 1.65. The van der Waals surface area contributed by atoms with Crippen LogP contribution in [0.5, 0.6) is 11.5 Å². The fourth-order valence-corrected chi connectivity index (χ4v) is 1.79. The van der Waals surface area contributed by atoms with E-state index in [1.807, 2.05) is 30.3 Å². The average molecular weight is 265 g/mol. The van der Waals surface area contributed by atoms with E-state index in [1.54, 1.807) is 10.9 Å². The monoisotopic (exact) mass is 264 g/mol. The molecule has 3 nitrogen and oxygen atoms in total. The normalized spacial score (nSPS) is 11.6. The Hall–Kier alpha value is -1.48. The molecule has 2 rings (SSSR count). The Morgan fingerprint density at radius 3 is 2.50 bits per heavy atom. The molecule has 2 aromatic rings. The number of ether oxygens (including phenoxy) is 1. The molecule has 0 aliphatic heterocycles. The van der Waals surface area contributed by atoms with E-state index in [1.165, 1.54) is 0 Å². The maximum Gasteiger partial charge on any atom is 0.184 e. The number of rotatable bonds is 3. The zero-order valence-electron chi connectivity index (χ0n) is 10.9. The van der Waals surface area contributed by atoms with Gasteiger partial charge in [-0.2, -0.15) is 5.10 Å². The molecule has 0 unspecified atom stereocenters. The summed E-state index contributed by atoms with van der Waals surface area (Å²) in [4.78, 5) is 0. The predicted octanol–water partition coefficient (Wildman–Crippen LogP) is 4.37. The zero-order chi connectivity index (χ0) is 13.2. The van der Waals surface area contributed by atoms with Gasteiger partial charge in [0.15, 0.2) is 10.9 Å². The van der Waals surface area contributed by atoms with Gasteiger partial charge in [0.05, 0.1) is 6.20 Å². The molecule has 0 saturated heterocycles. The number of para-hydroxylation sites is 1. The van der Waals surface area contributed by atoms with Crippen LogP contribution in [0.4, 0.5) is 0 Å². The van der Waals surface area contributed by atoms with E-state index in [-0.39, 0.29) is 5.41 Å². The molecule has 1 aromatic heterocycles. The molecule has 0 aliphatic rings. The minimum absolute atomic E-state index is 0.125. The van der Waals surface area contributed by atoms with Crippen molar-refractivity contribution < 1.29 is 4.74 Å². The summed E-state index contributed by atoms with van der Waals surface area (Å²) in [5, 5.41) is 4.79. The summed E-state index contributed by atoms with van der Waals surface area (Å²) in [6.45, 7) is 7.18. The van der Waals surface area contributed by atoms with E-state index >= 15 is 0 Å². The Kier molecular flexibility index (Phi) is 3.62. The Morgan fingerprint density at radius 1 is 1.22 bits per heavy atom. The third kappa shape index (κ3) is 3.26. The van der Waals surface area contributed by atoms with Crippen molar-refractivity contribution in [1.29, 1.82) is 0 Å². The third-order valence-corrected chi connectivity index (χ3v) is 2.72. The van der Waals surface area contributed by atoms with Crippen molar-refractivity contribution in [3.8, 4) is 11.5 Å². The van der Waals surface area contributed by atoms with Crippen molar-refractivity contribution in [3.05, 3.63) is 41.7 Å². The first kappa shape index (κ1) is 13.0. The van der Waals surface area contributed by atoms with Gasteiger partial charge in [0.2, 0.25) is 0 Å². The van der Waals surface area contributed by atoms with Crippen LogP contribution in [0, 0.1) is 5.41 Å². The molecule has 4 heteroatoms. The van der Waals surface area contributed by atoms with Crippen LogP contribution in [-0.4, -0.2) is 9.78 Å². The minimum Gasteiger partial charge on any atom is -0.452 e. The van der Waals surface area contributed by atoms with E-state index in [9.17, 15) is 0 Å². The molecule has 18 heavy (non-hydrogen) atoms. The minimum atomic E-state index is 0.125. The molecule has 0 spiro atoms. The molecule has 0 radical (unpaired) electrons. The first-order valence-corrected chi connectivity index (χ1v) is 6.28. The summed E-state index contributed by atoms with van der Waals surface area (Å²) < 4.78 is 7.45. The highest BCUT2D eigenvalue weighted by molar-refractivity contribution is 6.31. The van der Waals surface area contributed by atoms with Crippen LogP contribution in [0.1, 0.15) is 20.8 Å². The summed E-state index contributed by atoms with van der Waals surface area (Å²) >= 11 is 6.26. The lowest BCUT2D eigenvalue weighted by Gasteiger charge is -2.18. The fraction of sp³-hybridized carbons (Fsp3) is 0.357. The van der Waals surface area contributed by atoms with Crippen LogP contribution >= 0.6 is 11.6 Å². The number of nitrogens with zero attached hydrogens (tertiary/aromatic N) is 2. The van der Waals surface area contributed by atoms with Crippen LogP contribution in [0.15, 0.2) is 36.5 Å². The highest BCUT2D eigenvalue weighted by Gasteiger charge is 2.17. The summed E-state index contributed by atoms with van der Waals surface area (Å²) in [5.41, 5.74) is 0.125. The molecule has 96 valence electrons.